The van der Waals surface area contributed by atoms with Gasteiger partial charge in [-0.15, -0.1) is 0 Å². The topological polar surface area (TPSA) is 110 Å². The first-order valence-corrected chi connectivity index (χ1v) is 11.2. The summed E-state index contributed by atoms with van der Waals surface area (Å²) in [7, 11) is 0. The van der Waals surface area contributed by atoms with Crippen molar-refractivity contribution in [3.05, 3.63) is 69.8 Å². The van der Waals surface area contributed by atoms with Crippen molar-refractivity contribution in [2.45, 2.75) is 45.9 Å². The molecule has 0 aliphatic carbocycles. The Morgan fingerprint density at radius 2 is 1.97 bits per heavy atom. The highest BCUT2D eigenvalue weighted by molar-refractivity contribution is 5.77. The van der Waals surface area contributed by atoms with E-state index in [1.54, 1.807) is 34.6 Å². The zero-order valence-electron chi connectivity index (χ0n) is 18.9. The highest BCUT2D eigenvalue weighted by atomic mass is 16.3. The fourth-order valence-electron chi connectivity index (χ4n) is 4.22. The van der Waals surface area contributed by atoms with E-state index in [1.165, 1.54) is 11.1 Å². The van der Waals surface area contributed by atoms with Crippen molar-refractivity contribution in [2.75, 3.05) is 11.9 Å². The van der Waals surface area contributed by atoms with Crippen LogP contribution < -0.4 is 16.2 Å². The lowest BCUT2D eigenvalue weighted by Gasteiger charge is -2.18. The molecule has 1 aliphatic heterocycles. The van der Waals surface area contributed by atoms with Crippen molar-refractivity contribution in [3.8, 4) is 5.82 Å². The van der Waals surface area contributed by atoms with Gasteiger partial charge in [-0.3, -0.25) is 4.79 Å². The van der Waals surface area contributed by atoms with Gasteiger partial charge in [0.2, 0.25) is 5.95 Å². The molecule has 9 nitrogen and oxygen atoms in total. The molecule has 3 N–H and O–H groups in total. The third kappa shape index (κ3) is 3.90. The summed E-state index contributed by atoms with van der Waals surface area (Å²) in [6, 6.07) is 11.5. The molecule has 4 heterocycles. The summed E-state index contributed by atoms with van der Waals surface area (Å²) in [5.41, 5.74) is 4.30. The number of nitrogens with zero attached hydrogens (tertiary/aromatic N) is 5. The summed E-state index contributed by atoms with van der Waals surface area (Å²) in [4.78, 5) is 26.8. The average molecular weight is 446 g/mol. The minimum absolute atomic E-state index is 0.131. The molecule has 1 aromatic carbocycles. The number of anilines is 2. The molecule has 0 radical (unpaired) electrons. The largest absolute Gasteiger partial charge is 0.387 e. The van der Waals surface area contributed by atoms with Gasteiger partial charge in [0.25, 0.3) is 5.56 Å². The molecule has 0 amide bonds. The van der Waals surface area contributed by atoms with E-state index >= 15 is 0 Å². The van der Waals surface area contributed by atoms with Crippen LogP contribution in [0.2, 0.25) is 0 Å². The number of benzene rings is 1. The van der Waals surface area contributed by atoms with Gasteiger partial charge in [0.1, 0.15) is 5.39 Å². The zero-order chi connectivity index (χ0) is 23.1. The number of aliphatic hydroxyl groups excluding tert-OH is 1. The summed E-state index contributed by atoms with van der Waals surface area (Å²) < 4.78 is 3.32. The van der Waals surface area contributed by atoms with E-state index in [-0.39, 0.29) is 11.6 Å². The molecule has 9 heteroatoms. The van der Waals surface area contributed by atoms with Crippen LogP contribution in [0.5, 0.6) is 0 Å². The average Bonchev–Trinajstić information content (AvgIpc) is 3.11. The highest BCUT2D eigenvalue weighted by Gasteiger charge is 2.21. The van der Waals surface area contributed by atoms with Crippen LogP contribution in [-0.4, -0.2) is 36.0 Å². The Kier molecular flexibility index (Phi) is 5.43. The lowest BCUT2D eigenvalue weighted by Crippen LogP contribution is -2.24. The van der Waals surface area contributed by atoms with E-state index in [2.05, 4.69) is 32.7 Å². The number of fused-ring (bicyclic) bond motifs is 2. The summed E-state index contributed by atoms with van der Waals surface area (Å²) >= 11 is 0. The summed E-state index contributed by atoms with van der Waals surface area (Å²) in [6.45, 7) is 7.36. The van der Waals surface area contributed by atoms with Crippen LogP contribution in [0.3, 0.4) is 0 Å². The van der Waals surface area contributed by atoms with Gasteiger partial charge in [-0.05, 0) is 69.1 Å². The van der Waals surface area contributed by atoms with Gasteiger partial charge < -0.3 is 15.7 Å². The number of hydrogen-bond donors (Lipinski definition) is 3. The van der Waals surface area contributed by atoms with Gasteiger partial charge in [0.05, 0.1) is 11.8 Å². The number of hydrogen-bond acceptors (Lipinski definition) is 7. The first-order valence-electron chi connectivity index (χ1n) is 11.2. The zero-order valence-corrected chi connectivity index (χ0v) is 18.9. The summed E-state index contributed by atoms with van der Waals surface area (Å²) in [5.74, 6) is 0.909. The summed E-state index contributed by atoms with van der Waals surface area (Å²) in [6.07, 6.45) is 1.85. The molecule has 1 atom stereocenters. The van der Waals surface area contributed by atoms with Crippen molar-refractivity contribution in [3.63, 3.8) is 0 Å². The predicted molar refractivity (Wildman–Crippen MR) is 127 cm³/mol. The SMILES string of the molecule is CC(O)c1cccc(-n2c3nc(Nc4ccc5c(c4)CNCC5)ncc3c(=O)n2C(C)C)n1. The standard InChI is InChI=1S/C24H27N7O2/c1-14(2)30-23(33)19-13-26-24(27-18-8-7-16-9-10-25-12-17(16)11-18)29-22(19)31(30)21-6-4-5-20(28-21)15(3)32/h4-8,11,13-15,25,32H,9-10,12H2,1-3H3,(H,26,27,29). The predicted octanol–water partition coefficient (Wildman–Crippen LogP) is 3.00. The third-order valence-corrected chi connectivity index (χ3v) is 5.86. The van der Waals surface area contributed by atoms with Crippen LogP contribution in [0.1, 0.15) is 49.7 Å². The van der Waals surface area contributed by atoms with Crippen LogP contribution >= 0.6 is 0 Å². The van der Waals surface area contributed by atoms with Crippen LogP contribution in [0.4, 0.5) is 11.6 Å². The fourth-order valence-corrected chi connectivity index (χ4v) is 4.22. The summed E-state index contributed by atoms with van der Waals surface area (Å²) in [5, 5.41) is 17.1. The molecule has 0 spiro atoms. The van der Waals surface area contributed by atoms with Crippen molar-refractivity contribution < 1.29 is 5.11 Å². The second-order valence-corrected chi connectivity index (χ2v) is 8.62. The van der Waals surface area contributed by atoms with Crippen molar-refractivity contribution in [1.29, 1.82) is 0 Å². The van der Waals surface area contributed by atoms with E-state index in [4.69, 9.17) is 4.98 Å². The van der Waals surface area contributed by atoms with Gasteiger partial charge in [0.15, 0.2) is 11.5 Å². The minimum atomic E-state index is -0.726. The number of nitrogens with one attached hydrogen (secondary N) is 2. The number of aliphatic hydroxyl groups is 1. The van der Waals surface area contributed by atoms with Crippen LogP contribution in [-0.2, 0) is 13.0 Å². The molecule has 1 aliphatic rings. The number of aromatic nitrogens is 5. The van der Waals surface area contributed by atoms with Crippen LogP contribution in [0.25, 0.3) is 16.9 Å². The van der Waals surface area contributed by atoms with Gasteiger partial charge >= 0.3 is 0 Å². The van der Waals surface area contributed by atoms with Gasteiger partial charge in [-0.1, -0.05) is 12.1 Å². The lowest BCUT2D eigenvalue weighted by atomic mass is 10.0. The Morgan fingerprint density at radius 3 is 2.76 bits per heavy atom. The normalized spacial score (nSPS) is 14.5. The lowest BCUT2D eigenvalue weighted by molar-refractivity contribution is 0.194. The van der Waals surface area contributed by atoms with E-state index in [0.717, 1.165) is 25.2 Å². The van der Waals surface area contributed by atoms with Crippen LogP contribution in [0.15, 0.2) is 47.4 Å². The van der Waals surface area contributed by atoms with Gasteiger partial charge in [-0.25, -0.2) is 19.3 Å². The van der Waals surface area contributed by atoms with E-state index in [1.807, 2.05) is 26.0 Å². The molecule has 33 heavy (non-hydrogen) atoms. The molecule has 0 bridgehead atoms. The molecule has 0 saturated carbocycles. The van der Waals surface area contributed by atoms with E-state index in [9.17, 15) is 9.90 Å². The molecule has 0 fully saturated rings. The monoisotopic (exact) mass is 445 g/mol. The second kappa shape index (κ2) is 8.42. The van der Waals surface area contributed by atoms with Gasteiger partial charge in [-0.2, -0.15) is 4.98 Å². The van der Waals surface area contributed by atoms with Crippen molar-refractivity contribution in [1.82, 2.24) is 29.6 Å². The first kappa shape index (κ1) is 21.3. The van der Waals surface area contributed by atoms with Crippen molar-refractivity contribution >= 4 is 22.7 Å². The number of pyridine rings is 1. The molecule has 0 saturated heterocycles. The Balaban J connectivity index is 1.62. The maximum atomic E-state index is 13.2. The highest BCUT2D eigenvalue weighted by Crippen LogP contribution is 2.23. The van der Waals surface area contributed by atoms with E-state index in [0.29, 0.717) is 28.5 Å². The molecule has 1 unspecified atom stereocenters. The molecule has 5 rings (SSSR count). The van der Waals surface area contributed by atoms with E-state index < -0.39 is 6.10 Å². The van der Waals surface area contributed by atoms with Crippen molar-refractivity contribution in [2.24, 2.45) is 0 Å². The molecule has 4 aromatic rings. The Labute approximate surface area is 191 Å². The maximum absolute atomic E-state index is 13.2. The second-order valence-electron chi connectivity index (χ2n) is 8.62. The first-order chi connectivity index (χ1) is 15.9. The quantitative estimate of drug-likeness (QED) is 0.433. The molecular weight excluding hydrogens is 418 g/mol. The van der Waals surface area contributed by atoms with Gasteiger partial charge in [0, 0.05) is 24.5 Å². The smallest absolute Gasteiger partial charge is 0.278 e. The number of rotatable bonds is 5. The Morgan fingerprint density at radius 1 is 1.12 bits per heavy atom. The molecular formula is C24H27N7O2. The Hall–Kier alpha value is -3.56. The minimum Gasteiger partial charge on any atom is -0.387 e. The fraction of sp³-hybridized carbons (Fsp3) is 0.333. The molecule has 170 valence electrons. The van der Waals surface area contributed by atoms with Crippen LogP contribution in [0, 0.1) is 0 Å². The third-order valence-electron chi connectivity index (χ3n) is 5.86. The Bertz CT molecular complexity index is 1390. The molecule has 3 aromatic heterocycles. The maximum Gasteiger partial charge on any atom is 0.278 e.